The van der Waals surface area contributed by atoms with Gasteiger partial charge in [0.15, 0.2) is 0 Å². The van der Waals surface area contributed by atoms with Gasteiger partial charge in [0.25, 0.3) is 0 Å². The molecule has 0 saturated heterocycles. The summed E-state index contributed by atoms with van der Waals surface area (Å²) in [6, 6.07) is 5.16. The van der Waals surface area contributed by atoms with Crippen molar-refractivity contribution < 1.29 is 4.39 Å². The minimum absolute atomic E-state index is 0.105. The van der Waals surface area contributed by atoms with E-state index in [1.54, 1.807) is 18.2 Å². The summed E-state index contributed by atoms with van der Waals surface area (Å²) in [6.45, 7) is 2.12. The quantitative estimate of drug-likeness (QED) is 0.596. The van der Waals surface area contributed by atoms with Crippen LogP contribution >= 0.6 is 11.6 Å². The molecule has 90 valence electrons. The minimum atomic E-state index is -0.332. The molecule has 1 aromatic carbocycles. The van der Waals surface area contributed by atoms with Crippen molar-refractivity contribution in [2.75, 3.05) is 0 Å². The van der Waals surface area contributed by atoms with Crippen LogP contribution in [0, 0.1) is 5.82 Å². The lowest BCUT2D eigenvalue weighted by Gasteiger charge is -2.16. The Labute approximate surface area is 101 Å². The van der Waals surface area contributed by atoms with Crippen LogP contribution in [-0.2, 0) is 6.42 Å². The van der Waals surface area contributed by atoms with Crippen molar-refractivity contribution in [3.63, 3.8) is 0 Å². The second kappa shape index (κ2) is 6.84. The molecule has 0 saturated carbocycles. The topological polar surface area (TPSA) is 38.0 Å². The fraction of sp³-hybridized carbons (Fsp3) is 0.500. The van der Waals surface area contributed by atoms with Gasteiger partial charge in [-0.05, 0) is 24.5 Å². The zero-order valence-corrected chi connectivity index (χ0v) is 10.2. The minimum Gasteiger partial charge on any atom is -0.271 e. The molecule has 0 spiro atoms. The number of halogens is 2. The van der Waals surface area contributed by atoms with Crippen LogP contribution in [0.2, 0.25) is 5.02 Å². The van der Waals surface area contributed by atoms with E-state index >= 15 is 0 Å². The summed E-state index contributed by atoms with van der Waals surface area (Å²) >= 11 is 5.72. The molecule has 0 aliphatic rings. The lowest BCUT2D eigenvalue weighted by atomic mass is 10.0. The van der Waals surface area contributed by atoms with Gasteiger partial charge in [-0.15, -0.1) is 0 Å². The number of hydrogen-bond donors (Lipinski definition) is 2. The molecule has 3 N–H and O–H groups in total. The maximum atomic E-state index is 13.6. The zero-order chi connectivity index (χ0) is 12.0. The molecular formula is C12H18ClFN2. The highest BCUT2D eigenvalue weighted by atomic mass is 35.5. The normalized spacial score (nSPS) is 12.8. The summed E-state index contributed by atoms with van der Waals surface area (Å²) in [5.41, 5.74) is 3.34. The first kappa shape index (κ1) is 13.4. The number of nitrogens with one attached hydrogen (secondary N) is 1. The standard InChI is InChI=1S/C12H18ClFN2/c1-2-3-6-10(16-15)8-9-5-4-7-11(13)12(9)14/h4-5,7,10,16H,2-3,6,8,15H2,1H3. The third-order valence-electron chi connectivity index (χ3n) is 2.64. The first-order valence-corrected chi connectivity index (χ1v) is 5.95. The Morgan fingerprint density at radius 3 is 2.88 bits per heavy atom. The number of benzene rings is 1. The molecule has 4 heteroatoms. The van der Waals surface area contributed by atoms with Gasteiger partial charge in [-0.1, -0.05) is 43.5 Å². The van der Waals surface area contributed by atoms with Gasteiger partial charge < -0.3 is 0 Å². The summed E-state index contributed by atoms with van der Waals surface area (Å²) in [5.74, 6) is 5.11. The van der Waals surface area contributed by atoms with E-state index < -0.39 is 0 Å². The average molecular weight is 245 g/mol. The number of hydrazine groups is 1. The van der Waals surface area contributed by atoms with Gasteiger partial charge in [0, 0.05) is 6.04 Å². The van der Waals surface area contributed by atoms with E-state index in [1.807, 2.05) is 0 Å². The molecule has 0 fully saturated rings. The molecular weight excluding hydrogens is 227 g/mol. The zero-order valence-electron chi connectivity index (χ0n) is 9.47. The van der Waals surface area contributed by atoms with E-state index in [4.69, 9.17) is 17.4 Å². The molecule has 0 aliphatic carbocycles. The van der Waals surface area contributed by atoms with Gasteiger partial charge in [-0.25, -0.2) is 4.39 Å². The smallest absolute Gasteiger partial charge is 0.145 e. The highest BCUT2D eigenvalue weighted by Crippen LogP contribution is 2.19. The molecule has 1 rings (SSSR count). The summed E-state index contributed by atoms with van der Waals surface area (Å²) < 4.78 is 13.6. The Kier molecular flexibility index (Phi) is 5.74. The molecule has 0 amide bonds. The molecule has 0 bridgehead atoms. The lowest BCUT2D eigenvalue weighted by molar-refractivity contribution is 0.464. The van der Waals surface area contributed by atoms with Crippen molar-refractivity contribution in [3.05, 3.63) is 34.6 Å². The van der Waals surface area contributed by atoms with Crippen molar-refractivity contribution in [1.82, 2.24) is 5.43 Å². The summed E-state index contributed by atoms with van der Waals surface area (Å²) in [6.07, 6.45) is 3.70. The second-order valence-electron chi connectivity index (χ2n) is 3.92. The van der Waals surface area contributed by atoms with Crippen LogP contribution in [-0.4, -0.2) is 6.04 Å². The van der Waals surface area contributed by atoms with E-state index in [0.29, 0.717) is 12.0 Å². The predicted molar refractivity (Wildman–Crippen MR) is 65.8 cm³/mol. The Morgan fingerprint density at radius 1 is 1.50 bits per heavy atom. The van der Waals surface area contributed by atoms with E-state index in [1.165, 1.54) is 0 Å². The van der Waals surface area contributed by atoms with Crippen LogP contribution < -0.4 is 11.3 Å². The van der Waals surface area contributed by atoms with Gasteiger partial charge in [0.05, 0.1) is 5.02 Å². The van der Waals surface area contributed by atoms with Gasteiger partial charge in [0.1, 0.15) is 5.82 Å². The van der Waals surface area contributed by atoms with E-state index in [2.05, 4.69) is 12.3 Å². The lowest BCUT2D eigenvalue weighted by Crippen LogP contribution is -2.36. The first-order valence-electron chi connectivity index (χ1n) is 5.58. The molecule has 1 aromatic rings. The van der Waals surface area contributed by atoms with Crippen molar-refractivity contribution in [1.29, 1.82) is 0 Å². The van der Waals surface area contributed by atoms with E-state index in [0.717, 1.165) is 19.3 Å². The average Bonchev–Trinajstić information content (AvgIpc) is 2.30. The monoisotopic (exact) mass is 244 g/mol. The maximum Gasteiger partial charge on any atom is 0.145 e. The molecule has 1 unspecified atom stereocenters. The number of nitrogens with two attached hydrogens (primary N) is 1. The van der Waals surface area contributed by atoms with Crippen molar-refractivity contribution >= 4 is 11.6 Å². The van der Waals surface area contributed by atoms with Crippen LogP contribution in [0.3, 0.4) is 0 Å². The second-order valence-corrected chi connectivity index (χ2v) is 4.33. The van der Waals surface area contributed by atoms with E-state index in [9.17, 15) is 4.39 Å². The number of rotatable bonds is 6. The highest BCUT2D eigenvalue weighted by molar-refractivity contribution is 6.30. The van der Waals surface area contributed by atoms with Gasteiger partial charge >= 0.3 is 0 Å². The molecule has 16 heavy (non-hydrogen) atoms. The Balaban J connectivity index is 2.66. The van der Waals surface area contributed by atoms with Crippen molar-refractivity contribution in [2.24, 2.45) is 5.84 Å². The number of unbranched alkanes of at least 4 members (excludes halogenated alkanes) is 1. The maximum absolute atomic E-state index is 13.6. The van der Waals surface area contributed by atoms with Gasteiger partial charge in [0.2, 0.25) is 0 Å². The third kappa shape index (κ3) is 3.74. The summed E-state index contributed by atoms with van der Waals surface area (Å²) in [7, 11) is 0. The number of hydrogen-bond acceptors (Lipinski definition) is 2. The third-order valence-corrected chi connectivity index (χ3v) is 2.93. The summed E-state index contributed by atoms with van der Waals surface area (Å²) in [4.78, 5) is 0. The molecule has 0 aliphatic heterocycles. The van der Waals surface area contributed by atoms with Crippen LogP contribution in [0.25, 0.3) is 0 Å². The first-order chi connectivity index (χ1) is 7.69. The van der Waals surface area contributed by atoms with Gasteiger partial charge in [-0.3, -0.25) is 11.3 Å². The molecule has 0 aromatic heterocycles. The molecule has 1 atom stereocenters. The van der Waals surface area contributed by atoms with E-state index in [-0.39, 0.29) is 16.9 Å². The van der Waals surface area contributed by atoms with Crippen LogP contribution in [0.15, 0.2) is 18.2 Å². The molecule has 0 radical (unpaired) electrons. The Hall–Kier alpha value is -0.640. The van der Waals surface area contributed by atoms with Crippen LogP contribution in [0.1, 0.15) is 31.7 Å². The molecule has 0 heterocycles. The van der Waals surface area contributed by atoms with Crippen LogP contribution in [0.5, 0.6) is 0 Å². The van der Waals surface area contributed by atoms with Crippen LogP contribution in [0.4, 0.5) is 4.39 Å². The Morgan fingerprint density at radius 2 is 2.25 bits per heavy atom. The molecule has 2 nitrogen and oxygen atoms in total. The highest BCUT2D eigenvalue weighted by Gasteiger charge is 2.12. The SMILES string of the molecule is CCCCC(Cc1cccc(Cl)c1F)NN. The fourth-order valence-corrected chi connectivity index (χ4v) is 1.86. The fourth-order valence-electron chi connectivity index (χ4n) is 1.67. The predicted octanol–water partition coefficient (Wildman–Crippen LogP) is 3.04. The Bertz CT molecular complexity index is 331. The van der Waals surface area contributed by atoms with Crippen molar-refractivity contribution in [2.45, 2.75) is 38.6 Å². The largest absolute Gasteiger partial charge is 0.271 e. The van der Waals surface area contributed by atoms with Crippen molar-refractivity contribution in [3.8, 4) is 0 Å². The summed E-state index contributed by atoms with van der Waals surface area (Å²) in [5, 5.41) is 0.170. The van der Waals surface area contributed by atoms with Gasteiger partial charge in [-0.2, -0.15) is 0 Å².